The van der Waals surface area contributed by atoms with E-state index in [1.807, 2.05) is 42.6 Å². The second kappa shape index (κ2) is 3.22. The molecule has 2 rings (SSSR count). The monoisotopic (exact) mass is 157 g/mol. The lowest BCUT2D eigenvalue weighted by molar-refractivity contribution is 0.877. The molecule has 1 heterocycles. The van der Waals surface area contributed by atoms with Gasteiger partial charge >= 0.3 is 0 Å². The zero-order valence-electron chi connectivity index (χ0n) is 6.57. The minimum Gasteiger partial charge on any atom is -0.360 e. The van der Waals surface area contributed by atoms with Gasteiger partial charge in [-0.3, -0.25) is 4.99 Å². The van der Waals surface area contributed by atoms with Crippen LogP contribution < -0.4 is 5.32 Å². The minimum atomic E-state index is 0.901. The fourth-order valence-corrected chi connectivity index (χ4v) is 1.08. The van der Waals surface area contributed by atoms with Gasteiger partial charge < -0.3 is 5.32 Å². The Labute approximate surface area is 71.6 Å². The Bertz CT molecular complexity index is 301. The van der Waals surface area contributed by atoms with Gasteiger partial charge in [0.15, 0.2) is 0 Å². The number of hydrogen-bond acceptors (Lipinski definition) is 2. The second-order valence-electron chi connectivity index (χ2n) is 2.50. The quantitative estimate of drug-likeness (QED) is 0.659. The van der Waals surface area contributed by atoms with Crippen LogP contribution >= 0.6 is 0 Å². The Balaban J connectivity index is 2.21. The third-order valence-corrected chi connectivity index (χ3v) is 1.65. The largest absolute Gasteiger partial charge is 0.360 e. The first kappa shape index (κ1) is 7.10. The zero-order valence-corrected chi connectivity index (χ0v) is 6.57. The van der Waals surface area contributed by atoms with Crippen molar-refractivity contribution in [1.29, 1.82) is 0 Å². The number of aliphatic imine (C=N–C) groups is 1. The van der Waals surface area contributed by atoms with Gasteiger partial charge in [0.1, 0.15) is 0 Å². The average Bonchev–Trinajstić information content (AvgIpc) is 2.21. The molecule has 1 aliphatic rings. The SMILES string of the molecule is C1=CN[C](c2ccccc2)N=C1. The fourth-order valence-electron chi connectivity index (χ4n) is 1.08. The standard InChI is InChI=1S/C10H9N2/c1-2-5-9(6-3-1)10-11-7-4-8-12-10/h1-8,11H. The molecule has 1 N–H and O–H groups in total. The Morgan fingerprint density at radius 2 is 1.92 bits per heavy atom. The highest BCUT2D eigenvalue weighted by molar-refractivity contribution is 5.73. The molecule has 1 aromatic carbocycles. The maximum atomic E-state index is 4.19. The Kier molecular flexibility index (Phi) is 1.90. The Morgan fingerprint density at radius 3 is 2.58 bits per heavy atom. The highest BCUT2D eigenvalue weighted by Crippen LogP contribution is 2.13. The lowest BCUT2D eigenvalue weighted by Gasteiger charge is -2.12. The summed E-state index contributed by atoms with van der Waals surface area (Å²) >= 11 is 0. The van der Waals surface area contributed by atoms with Gasteiger partial charge in [0.2, 0.25) is 6.17 Å². The van der Waals surface area contributed by atoms with Crippen molar-refractivity contribution in [3.63, 3.8) is 0 Å². The van der Waals surface area contributed by atoms with Crippen molar-refractivity contribution in [3.8, 4) is 0 Å². The summed E-state index contributed by atoms with van der Waals surface area (Å²) in [5.41, 5.74) is 1.11. The van der Waals surface area contributed by atoms with Gasteiger partial charge in [-0.15, -0.1) is 0 Å². The third kappa shape index (κ3) is 1.37. The molecular formula is C10H9N2. The fraction of sp³-hybridized carbons (Fsp3) is 0. The van der Waals surface area contributed by atoms with Gasteiger partial charge in [-0.25, -0.2) is 0 Å². The molecule has 0 saturated heterocycles. The molecule has 0 spiro atoms. The molecule has 0 fully saturated rings. The van der Waals surface area contributed by atoms with Gasteiger partial charge in [-0.1, -0.05) is 30.3 Å². The first-order valence-electron chi connectivity index (χ1n) is 3.85. The van der Waals surface area contributed by atoms with Crippen LogP contribution in [-0.4, -0.2) is 6.21 Å². The first-order chi connectivity index (χ1) is 5.97. The van der Waals surface area contributed by atoms with Gasteiger partial charge in [-0.05, 0) is 6.08 Å². The lowest BCUT2D eigenvalue weighted by Crippen LogP contribution is -2.16. The van der Waals surface area contributed by atoms with Crippen LogP contribution in [0.2, 0.25) is 0 Å². The van der Waals surface area contributed by atoms with Gasteiger partial charge in [-0.2, -0.15) is 0 Å². The van der Waals surface area contributed by atoms with Gasteiger partial charge in [0, 0.05) is 18.0 Å². The first-order valence-corrected chi connectivity index (χ1v) is 3.85. The van der Waals surface area contributed by atoms with E-state index in [0.29, 0.717) is 0 Å². The topological polar surface area (TPSA) is 24.4 Å². The maximum absolute atomic E-state index is 4.19. The highest BCUT2D eigenvalue weighted by atomic mass is 15.1. The molecule has 2 heteroatoms. The number of rotatable bonds is 1. The number of hydrogen-bond donors (Lipinski definition) is 1. The predicted molar refractivity (Wildman–Crippen MR) is 49.6 cm³/mol. The van der Waals surface area contributed by atoms with E-state index in [-0.39, 0.29) is 0 Å². The lowest BCUT2D eigenvalue weighted by atomic mass is 10.2. The van der Waals surface area contributed by atoms with Crippen LogP contribution in [0.3, 0.4) is 0 Å². The Morgan fingerprint density at radius 1 is 1.08 bits per heavy atom. The van der Waals surface area contributed by atoms with Crippen molar-refractivity contribution >= 4 is 6.21 Å². The van der Waals surface area contributed by atoms with Crippen molar-refractivity contribution in [3.05, 3.63) is 54.3 Å². The van der Waals surface area contributed by atoms with Crippen molar-refractivity contribution in [1.82, 2.24) is 5.32 Å². The highest BCUT2D eigenvalue weighted by Gasteiger charge is 2.08. The number of allylic oxidation sites excluding steroid dienone is 1. The van der Waals surface area contributed by atoms with E-state index in [0.717, 1.165) is 11.7 Å². The van der Waals surface area contributed by atoms with Crippen LogP contribution in [0.5, 0.6) is 0 Å². The van der Waals surface area contributed by atoms with Crippen molar-refractivity contribution in [2.24, 2.45) is 4.99 Å². The molecule has 59 valence electrons. The van der Waals surface area contributed by atoms with Crippen LogP contribution in [-0.2, 0) is 0 Å². The summed E-state index contributed by atoms with van der Waals surface area (Å²) < 4.78 is 0. The zero-order chi connectivity index (χ0) is 8.23. The molecule has 0 aliphatic carbocycles. The molecule has 1 aromatic rings. The molecule has 0 amide bonds. The minimum absolute atomic E-state index is 0.901. The Hall–Kier alpha value is -1.57. The normalized spacial score (nSPS) is 16.0. The molecule has 0 unspecified atom stereocenters. The molecule has 1 radical (unpaired) electrons. The van der Waals surface area contributed by atoms with E-state index in [1.165, 1.54) is 0 Å². The van der Waals surface area contributed by atoms with Crippen LogP contribution in [0, 0.1) is 6.17 Å². The molecule has 0 aromatic heterocycles. The van der Waals surface area contributed by atoms with E-state index < -0.39 is 0 Å². The van der Waals surface area contributed by atoms with Crippen molar-refractivity contribution < 1.29 is 0 Å². The molecule has 2 nitrogen and oxygen atoms in total. The second-order valence-corrected chi connectivity index (χ2v) is 2.50. The summed E-state index contributed by atoms with van der Waals surface area (Å²) in [6.45, 7) is 0. The van der Waals surface area contributed by atoms with Gasteiger partial charge in [0.05, 0.1) is 0 Å². The van der Waals surface area contributed by atoms with Crippen LogP contribution in [0.1, 0.15) is 5.56 Å². The average molecular weight is 157 g/mol. The van der Waals surface area contributed by atoms with E-state index in [2.05, 4.69) is 10.3 Å². The van der Waals surface area contributed by atoms with E-state index in [9.17, 15) is 0 Å². The van der Waals surface area contributed by atoms with Gasteiger partial charge in [0.25, 0.3) is 0 Å². The van der Waals surface area contributed by atoms with E-state index in [4.69, 9.17) is 0 Å². The van der Waals surface area contributed by atoms with Crippen molar-refractivity contribution in [2.75, 3.05) is 0 Å². The van der Waals surface area contributed by atoms with Crippen LogP contribution in [0.15, 0.2) is 47.6 Å². The summed E-state index contributed by atoms with van der Waals surface area (Å²) in [4.78, 5) is 4.19. The number of nitrogens with one attached hydrogen (secondary N) is 1. The number of benzene rings is 1. The summed E-state index contributed by atoms with van der Waals surface area (Å²) in [7, 11) is 0. The van der Waals surface area contributed by atoms with E-state index >= 15 is 0 Å². The summed E-state index contributed by atoms with van der Waals surface area (Å²) in [6.07, 6.45) is 6.42. The molecule has 12 heavy (non-hydrogen) atoms. The summed E-state index contributed by atoms with van der Waals surface area (Å²) in [6, 6.07) is 10.0. The van der Waals surface area contributed by atoms with Crippen molar-refractivity contribution in [2.45, 2.75) is 0 Å². The third-order valence-electron chi connectivity index (χ3n) is 1.65. The molecule has 1 aliphatic heterocycles. The van der Waals surface area contributed by atoms with E-state index in [1.54, 1.807) is 6.21 Å². The summed E-state index contributed by atoms with van der Waals surface area (Å²) in [5, 5.41) is 3.07. The van der Waals surface area contributed by atoms with Crippen LogP contribution in [0.4, 0.5) is 0 Å². The molecule has 0 atom stereocenters. The maximum Gasteiger partial charge on any atom is 0.203 e. The molecule has 0 saturated carbocycles. The molecule has 0 bridgehead atoms. The molecular weight excluding hydrogens is 148 g/mol. The van der Waals surface area contributed by atoms with Crippen LogP contribution in [0.25, 0.3) is 0 Å². The number of nitrogens with zero attached hydrogens (tertiary/aromatic N) is 1. The smallest absolute Gasteiger partial charge is 0.203 e. The summed E-state index contributed by atoms with van der Waals surface area (Å²) in [5.74, 6) is 0. The predicted octanol–water partition coefficient (Wildman–Crippen LogP) is 1.71.